The smallest absolute Gasteiger partial charge is 0.0242 e. The van der Waals surface area contributed by atoms with E-state index in [0.717, 1.165) is 11.8 Å². The second-order valence-corrected chi connectivity index (χ2v) is 3.78. The Morgan fingerprint density at radius 3 is 2.38 bits per heavy atom. The van der Waals surface area contributed by atoms with Crippen molar-refractivity contribution in [3.63, 3.8) is 0 Å². The maximum atomic E-state index is 3.43. The lowest BCUT2D eigenvalue weighted by Gasteiger charge is -1.98. The Morgan fingerprint density at radius 1 is 1.31 bits per heavy atom. The summed E-state index contributed by atoms with van der Waals surface area (Å²) in [6, 6.07) is 8.72. The SMILES string of the molecule is CCc1ccc(C=C(C)CBr)cc1. The molecule has 1 heteroatoms. The molecule has 0 saturated heterocycles. The second kappa shape index (κ2) is 5.23. The Labute approximate surface area is 88.8 Å². The minimum Gasteiger partial charge on any atom is -0.0880 e. The monoisotopic (exact) mass is 238 g/mol. The van der Waals surface area contributed by atoms with E-state index >= 15 is 0 Å². The van der Waals surface area contributed by atoms with Crippen LogP contribution in [0.2, 0.25) is 0 Å². The topological polar surface area (TPSA) is 0 Å². The van der Waals surface area contributed by atoms with Gasteiger partial charge in [-0.05, 0) is 24.5 Å². The van der Waals surface area contributed by atoms with Crippen molar-refractivity contribution < 1.29 is 0 Å². The van der Waals surface area contributed by atoms with E-state index in [4.69, 9.17) is 0 Å². The molecule has 0 saturated carbocycles. The summed E-state index contributed by atoms with van der Waals surface area (Å²) in [6.07, 6.45) is 3.32. The molecule has 1 aromatic carbocycles. The van der Waals surface area contributed by atoms with Gasteiger partial charge < -0.3 is 0 Å². The van der Waals surface area contributed by atoms with E-state index < -0.39 is 0 Å². The lowest BCUT2D eigenvalue weighted by molar-refractivity contribution is 1.14. The van der Waals surface area contributed by atoms with Crippen molar-refractivity contribution >= 4 is 22.0 Å². The van der Waals surface area contributed by atoms with Crippen molar-refractivity contribution in [2.75, 3.05) is 5.33 Å². The Balaban J connectivity index is 2.80. The highest BCUT2D eigenvalue weighted by atomic mass is 79.9. The summed E-state index contributed by atoms with van der Waals surface area (Å²) in [6.45, 7) is 4.30. The molecule has 0 unspecified atom stereocenters. The van der Waals surface area contributed by atoms with Gasteiger partial charge in [-0.2, -0.15) is 0 Å². The first-order chi connectivity index (χ1) is 6.26. The quantitative estimate of drug-likeness (QED) is 0.698. The van der Waals surface area contributed by atoms with Gasteiger partial charge in [-0.3, -0.25) is 0 Å². The molecule has 0 aliphatic carbocycles. The number of hydrogen-bond acceptors (Lipinski definition) is 0. The van der Waals surface area contributed by atoms with Crippen LogP contribution in [0.15, 0.2) is 29.8 Å². The zero-order chi connectivity index (χ0) is 9.68. The van der Waals surface area contributed by atoms with E-state index in [1.165, 1.54) is 16.7 Å². The fraction of sp³-hybridized carbons (Fsp3) is 0.333. The number of alkyl halides is 1. The van der Waals surface area contributed by atoms with Gasteiger partial charge in [0.15, 0.2) is 0 Å². The molecule has 70 valence electrons. The van der Waals surface area contributed by atoms with Crippen molar-refractivity contribution in [2.24, 2.45) is 0 Å². The minimum atomic E-state index is 0.947. The molecular formula is C12H15Br. The molecule has 0 nitrogen and oxygen atoms in total. The molecule has 1 rings (SSSR count). The highest BCUT2D eigenvalue weighted by molar-refractivity contribution is 9.09. The molecule has 13 heavy (non-hydrogen) atoms. The van der Waals surface area contributed by atoms with Gasteiger partial charge in [0, 0.05) is 5.33 Å². The number of halogens is 1. The molecule has 0 heterocycles. The van der Waals surface area contributed by atoms with Gasteiger partial charge in [-0.1, -0.05) is 58.8 Å². The predicted molar refractivity (Wildman–Crippen MR) is 63.3 cm³/mol. The Kier molecular flexibility index (Phi) is 4.23. The molecular weight excluding hydrogens is 224 g/mol. The van der Waals surface area contributed by atoms with Crippen molar-refractivity contribution in [1.29, 1.82) is 0 Å². The molecule has 0 fully saturated rings. The highest BCUT2D eigenvalue weighted by Crippen LogP contribution is 2.10. The zero-order valence-corrected chi connectivity index (χ0v) is 9.76. The molecule has 0 spiro atoms. The minimum absolute atomic E-state index is 0.947. The first kappa shape index (κ1) is 10.5. The van der Waals surface area contributed by atoms with Crippen molar-refractivity contribution in [3.05, 3.63) is 41.0 Å². The fourth-order valence-corrected chi connectivity index (χ4v) is 1.33. The number of aryl methyl sites for hydroxylation is 1. The number of benzene rings is 1. The van der Waals surface area contributed by atoms with Crippen LogP contribution >= 0.6 is 15.9 Å². The van der Waals surface area contributed by atoms with Gasteiger partial charge in [0.25, 0.3) is 0 Å². The third kappa shape index (κ3) is 3.35. The summed E-state index contributed by atoms with van der Waals surface area (Å²) in [5.41, 5.74) is 4.03. The third-order valence-corrected chi connectivity index (χ3v) is 2.90. The van der Waals surface area contributed by atoms with E-state index in [2.05, 4.69) is 60.1 Å². The number of rotatable bonds is 3. The molecule has 0 bridgehead atoms. The van der Waals surface area contributed by atoms with E-state index in [1.807, 2.05) is 0 Å². The predicted octanol–water partition coefficient (Wildman–Crippen LogP) is 4.05. The molecule has 0 aliphatic heterocycles. The average Bonchev–Trinajstić information content (AvgIpc) is 2.19. The van der Waals surface area contributed by atoms with Crippen LogP contribution in [-0.4, -0.2) is 5.33 Å². The van der Waals surface area contributed by atoms with Crippen LogP contribution < -0.4 is 0 Å². The van der Waals surface area contributed by atoms with Crippen molar-refractivity contribution in [1.82, 2.24) is 0 Å². The fourth-order valence-electron chi connectivity index (χ4n) is 1.17. The Bertz CT molecular complexity index is 282. The van der Waals surface area contributed by atoms with Gasteiger partial charge in [0.2, 0.25) is 0 Å². The molecule has 0 aliphatic rings. The second-order valence-electron chi connectivity index (χ2n) is 3.22. The Hall–Kier alpha value is -0.560. The molecule has 0 radical (unpaired) electrons. The maximum absolute atomic E-state index is 3.43. The van der Waals surface area contributed by atoms with E-state index in [1.54, 1.807) is 0 Å². The Morgan fingerprint density at radius 2 is 1.92 bits per heavy atom. The molecule has 0 amide bonds. The summed E-state index contributed by atoms with van der Waals surface area (Å²) in [5, 5.41) is 0.947. The summed E-state index contributed by atoms with van der Waals surface area (Å²) in [4.78, 5) is 0. The number of allylic oxidation sites excluding steroid dienone is 1. The standard InChI is InChI=1S/C12H15Br/c1-3-11-4-6-12(7-5-11)8-10(2)9-13/h4-8H,3,9H2,1-2H3. The van der Waals surface area contributed by atoms with Gasteiger partial charge >= 0.3 is 0 Å². The first-order valence-corrected chi connectivity index (χ1v) is 5.70. The average molecular weight is 239 g/mol. The molecule has 0 atom stereocenters. The normalized spacial score (nSPS) is 11.8. The van der Waals surface area contributed by atoms with Gasteiger partial charge in [-0.25, -0.2) is 0 Å². The van der Waals surface area contributed by atoms with E-state index in [9.17, 15) is 0 Å². The maximum Gasteiger partial charge on any atom is 0.0242 e. The number of hydrogen-bond donors (Lipinski definition) is 0. The van der Waals surface area contributed by atoms with Crippen LogP contribution in [0.25, 0.3) is 6.08 Å². The van der Waals surface area contributed by atoms with Gasteiger partial charge in [0.1, 0.15) is 0 Å². The lowest BCUT2D eigenvalue weighted by atomic mass is 10.1. The molecule has 0 aromatic heterocycles. The third-order valence-electron chi connectivity index (χ3n) is 2.01. The summed E-state index contributed by atoms with van der Waals surface area (Å²) < 4.78 is 0. The van der Waals surface area contributed by atoms with Crippen LogP contribution in [0.4, 0.5) is 0 Å². The summed E-state index contributed by atoms with van der Waals surface area (Å²) >= 11 is 3.43. The largest absolute Gasteiger partial charge is 0.0880 e. The van der Waals surface area contributed by atoms with Crippen LogP contribution in [-0.2, 0) is 6.42 Å². The van der Waals surface area contributed by atoms with Crippen LogP contribution in [0, 0.1) is 0 Å². The van der Waals surface area contributed by atoms with Crippen LogP contribution in [0.5, 0.6) is 0 Å². The highest BCUT2D eigenvalue weighted by Gasteiger charge is 1.90. The van der Waals surface area contributed by atoms with Gasteiger partial charge in [0.05, 0.1) is 0 Å². The summed E-state index contributed by atoms with van der Waals surface area (Å²) in [5.74, 6) is 0. The van der Waals surface area contributed by atoms with E-state index in [-0.39, 0.29) is 0 Å². The van der Waals surface area contributed by atoms with Crippen LogP contribution in [0.1, 0.15) is 25.0 Å². The molecule has 0 N–H and O–H groups in total. The first-order valence-electron chi connectivity index (χ1n) is 4.58. The van der Waals surface area contributed by atoms with Crippen LogP contribution in [0.3, 0.4) is 0 Å². The van der Waals surface area contributed by atoms with Crippen molar-refractivity contribution in [3.8, 4) is 0 Å². The van der Waals surface area contributed by atoms with Gasteiger partial charge in [-0.15, -0.1) is 0 Å². The zero-order valence-electron chi connectivity index (χ0n) is 8.18. The van der Waals surface area contributed by atoms with E-state index in [0.29, 0.717) is 0 Å². The summed E-state index contributed by atoms with van der Waals surface area (Å²) in [7, 11) is 0. The lowest BCUT2D eigenvalue weighted by Crippen LogP contribution is -1.81. The molecule has 1 aromatic rings. The van der Waals surface area contributed by atoms with Crippen molar-refractivity contribution in [2.45, 2.75) is 20.3 Å².